The highest BCUT2D eigenvalue weighted by atomic mass is 19.4. The van der Waals surface area contributed by atoms with Gasteiger partial charge in [0, 0.05) is 11.1 Å². The van der Waals surface area contributed by atoms with Gasteiger partial charge in [-0.1, -0.05) is 26.0 Å². The van der Waals surface area contributed by atoms with Gasteiger partial charge in [-0.15, -0.1) is 13.2 Å². The van der Waals surface area contributed by atoms with E-state index >= 15 is 0 Å². The normalized spacial score (nSPS) is 11.8. The fourth-order valence-electron chi connectivity index (χ4n) is 3.05. The van der Waals surface area contributed by atoms with E-state index in [1.54, 1.807) is 11.5 Å². The van der Waals surface area contributed by atoms with Crippen molar-refractivity contribution in [3.63, 3.8) is 0 Å². The third kappa shape index (κ3) is 4.13. The van der Waals surface area contributed by atoms with E-state index in [1.165, 1.54) is 24.3 Å². The largest absolute Gasteiger partial charge is 0.573 e. The second kappa shape index (κ2) is 7.58. The van der Waals surface area contributed by atoms with Gasteiger partial charge < -0.3 is 14.0 Å². The Bertz CT molecular complexity index is 1010. The summed E-state index contributed by atoms with van der Waals surface area (Å²) in [6, 6.07) is 13.2. The lowest BCUT2D eigenvalue weighted by Gasteiger charge is -2.13. The van der Waals surface area contributed by atoms with Crippen LogP contribution in [0.4, 0.5) is 13.2 Å². The Morgan fingerprint density at radius 1 is 1.11 bits per heavy atom. The molecular formula is C21H20F3NO3. The lowest BCUT2D eigenvalue weighted by molar-refractivity contribution is -0.274. The van der Waals surface area contributed by atoms with Gasteiger partial charge in [0.05, 0.1) is 12.1 Å². The first-order valence-electron chi connectivity index (χ1n) is 8.88. The third-order valence-electron chi connectivity index (χ3n) is 4.29. The van der Waals surface area contributed by atoms with Gasteiger partial charge in [-0.2, -0.15) is 0 Å². The number of hydrogen-bond donors (Lipinski definition) is 0. The number of alkyl halides is 3. The van der Waals surface area contributed by atoms with Crippen molar-refractivity contribution in [2.75, 3.05) is 6.61 Å². The van der Waals surface area contributed by atoms with Crippen LogP contribution < -0.4 is 4.74 Å². The summed E-state index contributed by atoms with van der Waals surface area (Å²) in [5.74, 6) is -0.616. The molecule has 3 aromatic rings. The summed E-state index contributed by atoms with van der Waals surface area (Å²) in [7, 11) is 0. The van der Waals surface area contributed by atoms with Crippen molar-refractivity contribution < 1.29 is 27.4 Å². The Balaban J connectivity index is 2.19. The molecule has 0 aliphatic heterocycles. The van der Waals surface area contributed by atoms with Crippen molar-refractivity contribution in [3.8, 4) is 11.4 Å². The molecule has 0 saturated heterocycles. The number of esters is 1. The highest BCUT2D eigenvalue weighted by Gasteiger charge is 2.31. The molecule has 0 N–H and O–H groups in total. The zero-order chi connectivity index (χ0) is 20.5. The van der Waals surface area contributed by atoms with E-state index in [0.717, 1.165) is 11.3 Å². The fourth-order valence-corrected chi connectivity index (χ4v) is 3.05. The molecule has 3 rings (SSSR count). The molecule has 148 valence electrons. The molecule has 2 aromatic carbocycles. The summed E-state index contributed by atoms with van der Waals surface area (Å²) in [5, 5.41) is 0.444. The maximum atomic E-state index is 12.5. The highest BCUT2D eigenvalue weighted by molar-refractivity contribution is 5.97. The van der Waals surface area contributed by atoms with E-state index < -0.39 is 12.3 Å². The van der Waals surface area contributed by atoms with E-state index in [4.69, 9.17) is 4.74 Å². The van der Waals surface area contributed by atoms with E-state index in [0.29, 0.717) is 10.9 Å². The van der Waals surface area contributed by atoms with Crippen LogP contribution in [0.25, 0.3) is 16.6 Å². The van der Waals surface area contributed by atoms with Crippen LogP contribution in [0.15, 0.2) is 48.5 Å². The number of ether oxygens (including phenoxy) is 2. The second-order valence-corrected chi connectivity index (χ2v) is 6.60. The number of benzene rings is 2. The quantitative estimate of drug-likeness (QED) is 0.514. The van der Waals surface area contributed by atoms with Gasteiger partial charge >= 0.3 is 12.3 Å². The van der Waals surface area contributed by atoms with Crippen molar-refractivity contribution in [2.24, 2.45) is 0 Å². The zero-order valence-corrected chi connectivity index (χ0v) is 15.7. The van der Waals surface area contributed by atoms with Gasteiger partial charge in [0.25, 0.3) is 0 Å². The molecule has 7 heteroatoms. The molecule has 0 bridgehead atoms. The van der Waals surface area contributed by atoms with Crippen molar-refractivity contribution in [2.45, 2.75) is 33.1 Å². The summed E-state index contributed by atoms with van der Waals surface area (Å²) in [6.07, 6.45) is -4.79. The number of carbonyl (C=O) groups excluding carboxylic acids is 1. The molecule has 28 heavy (non-hydrogen) atoms. The van der Waals surface area contributed by atoms with Gasteiger partial charge in [0.15, 0.2) is 0 Å². The van der Waals surface area contributed by atoms with Crippen LogP contribution >= 0.6 is 0 Å². The molecule has 0 aliphatic rings. The van der Waals surface area contributed by atoms with E-state index in [1.807, 2.05) is 24.3 Å². The first kappa shape index (κ1) is 19.8. The molecular weight excluding hydrogens is 371 g/mol. The predicted molar refractivity (Wildman–Crippen MR) is 100 cm³/mol. The standard InChI is InChI=1S/C21H20F3NO3/c1-4-27-20(26)19-12-15-11-17(28-21(22,23)24)8-9-18(15)25(19)16-7-5-6-14(10-16)13(2)3/h5-13H,4H2,1-3H3. The fraction of sp³-hybridized carbons (Fsp3) is 0.286. The third-order valence-corrected chi connectivity index (χ3v) is 4.29. The Labute approximate surface area is 160 Å². The summed E-state index contributed by atoms with van der Waals surface area (Å²) in [4.78, 5) is 12.5. The number of halogens is 3. The molecule has 4 nitrogen and oxygen atoms in total. The smallest absolute Gasteiger partial charge is 0.461 e. The summed E-state index contributed by atoms with van der Waals surface area (Å²) >= 11 is 0. The van der Waals surface area contributed by atoms with E-state index in [-0.39, 0.29) is 24.0 Å². The number of nitrogens with zero attached hydrogens (tertiary/aromatic N) is 1. The minimum absolute atomic E-state index is 0.189. The lowest BCUT2D eigenvalue weighted by Crippen LogP contribution is -2.17. The second-order valence-electron chi connectivity index (χ2n) is 6.60. The highest BCUT2D eigenvalue weighted by Crippen LogP contribution is 2.31. The number of fused-ring (bicyclic) bond motifs is 1. The first-order chi connectivity index (χ1) is 13.2. The Morgan fingerprint density at radius 2 is 1.86 bits per heavy atom. The molecule has 0 saturated carbocycles. The van der Waals surface area contributed by atoms with Crippen molar-refractivity contribution in [1.82, 2.24) is 4.57 Å². The molecule has 0 amide bonds. The van der Waals surface area contributed by atoms with Gasteiger partial charge in [-0.3, -0.25) is 0 Å². The summed E-state index contributed by atoms with van der Waals surface area (Å²) < 4.78 is 48.4. The Hall–Kier alpha value is -2.96. The van der Waals surface area contributed by atoms with Gasteiger partial charge in [0.1, 0.15) is 11.4 Å². The van der Waals surface area contributed by atoms with Gasteiger partial charge in [-0.05, 0) is 54.8 Å². The van der Waals surface area contributed by atoms with Crippen LogP contribution in [0.3, 0.4) is 0 Å². The molecule has 0 atom stereocenters. The predicted octanol–water partition coefficient (Wildman–Crippen LogP) is 5.83. The SMILES string of the molecule is CCOC(=O)c1cc2cc(OC(F)(F)F)ccc2n1-c1cccc(C(C)C)c1. The lowest BCUT2D eigenvalue weighted by atomic mass is 10.0. The number of aromatic nitrogens is 1. The molecule has 0 radical (unpaired) electrons. The number of rotatable bonds is 5. The summed E-state index contributed by atoms with van der Waals surface area (Å²) in [5.41, 5.74) is 2.63. The molecule has 0 unspecified atom stereocenters. The van der Waals surface area contributed by atoms with Crippen molar-refractivity contribution in [1.29, 1.82) is 0 Å². The summed E-state index contributed by atoms with van der Waals surface area (Å²) in [6.45, 7) is 5.99. The van der Waals surface area contributed by atoms with Crippen LogP contribution in [0.2, 0.25) is 0 Å². The Morgan fingerprint density at radius 3 is 2.50 bits per heavy atom. The van der Waals surface area contributed by atoms with Crippen LogP contribution in [0.1, 0.15) is 42.7 Å². The molecule has 0 spiro atoms. The first-order valence-corrected chi connectivity index (χ1v) is 8.88. The Kier molecular flexibility index (Phi) is 5.36. The van der Waals surface area contributed by atoms with E-state index in [9.17, 15) is 18.0 Å². The van der Waals surface area contributed by atoms with Crippen LogP contribution in [-0.2, 0) is 4.74 Å². The van der Waals surface area contributed by atoms with Crippen LogP contribution in [0.5, 0.6) is 5.75 Å². The number of hydrogen-bond acceptors (Lipinski definition) is 3. The minimum Gasteiger partial charge on any atom is -0.461 e. The van der Waals surface area contributed by atoms with Crippen LogP contribution in [-0.4, -0.2) is 23.5 Å². The molecule has 0 aliphatic carbocycles. The van der Waals surface area contributed by atoms with Crippen molar-refractivity contribution in [3.05, 3.63) is 59.8 Å². The van der Waals surface area contributed by atoms with Gasteiger partial charge in [0.2, 0.25) is 0 Å². The maximum absolute atomic E-state index is 12.5. The minimum atomic E-state index is -4.79. The maximum Gasteiger partial charge on any atom is 0.573 e. The average molecular weight is 391 g/mol. The van der Waals surface area contributed by atoms with Crippen LogP contribution in [0, 0.1) is 0 Å². The zero-order valence-electron chi connectivity index (χ0n) is 15.7. The van der Waals surface area contributed by atoms with E-state index in [2.05, 4.69) is 18.6 Å². The molecule has 0 fully saturated rings. The monoisotopic (exact) mass is 391 g/mol. The topological polar surface area (TPSA) is 40.5 Å². The average Bonchev–Trinajstić information content (AvgIpc) is 2.99. The van der Waals surface area contributed by atoms with Gasteiger partial charge in [-0.25, -0.2) is 4.79 Å². The van der Waals surface area contributed by atoms with Crippen molar-refractivity contribution >= 4 is 16.9 Å². The molecule has 1 aromatic heterocycles. The number of carbonyl (C=O) groups is 1. The molecule has 1 heterocycles.